The lowest BCUT2D eigenvalue weighted by molar-refractivity contribution is -0.126. The van der Waals surface area contributed by atoms with Crippen molar-refractivity contribution in [3.05, 3.63) is 0 Å². The highest BCUT2D eigenvalue weighted by Crippen LogP contribution is 2.18. The van der Waals surface area contributed by atoms with Crippen LogP contribution in [-0.4, -0.2) is 18.2 Å². The molecule has 3 heteroatoms. The lowest BCUT2D eigenvalue weighted by Gasteiger charge is -2.16. The van der Waals surface area contributed by atoms with Gasteiger partial charge in [-0.05, 0) is 19.3 Å². The van der Waals surface area contributed by atoms with Crippen LogP contribution in [0.4, 0.5) is 0 Å². The Morgan fingerprint density at radius 3 is 2.00 bits per heavy atom. The van der Waals surface area contributed by atoms with Gasteiger partial charge in [-0.3, -0.25) is 9.59 Å². The molecule has 0 bridgehead atoms. The van der Waals surface area contributed by atoms with Crippen molar-refractivity contribution in [3.8, 4) is 0 Å². The minimum Gasteiger partial charge on any atom is -0.356 e. The van der Waals surface area contributed by atoms with Gasteiger partial charge in [0.2, 0.25) is 5.91 Å². The number of nitrogens with one attached hydrogen (secondary N) is 1. The summed E-state index contributed by atoms with van der Waals surface area (Å²) in [5, 5.41) is 2.97. The van der Waals surface area contributed by atoms with Gasteiger partial charge in [-0.1, -0.05) is 59.8 Å². The molecule has 1 N–H and O–H groups in total. The van der Waals surface area contributed by atoms with E-state index in [1.807, 2.05) is 20.8 Å². The predicted octanol–water partition coefficient (Wildman–Crippen LogP) is 4.64. The van der Waals surface area contributed by atoms with Gasteiger partial charge in [0.1, 0.15) is 5.78 Å². The largest absolute Gasteiger partial charge is 0.356 e. The molecule has 0 aliphatic heterocycles. The van der Waals surface area contributed by atoms with Gasteiger partial charge >= 0.3 is 0 Å². The van der Waals surface area contributed by atoms with Gasteiger partial charge in [-0.2, -0.15) is 0 Å². The molecular formula is C18H35NO2. The highest BCUT2D eigenvalue weighted by atomic mass is 16.1. The summed E-state index contributed by atoms with van der Waals surface area (Å²) in [6.07, 6.45) is 10.2. The molecule has 0 heterocycles. The number of hydrogen-bond donors (Lipinski definition) is 1. The van der Waals surface area contributed by atoms with Gasteiger partial charge < -0.3 is 5.32 Å². The van der Waals surface area contributed by atoms with Crippen LogP contribution < -0.4 is 5.32 Å². The zero-order chi connectivity index (χ0) is 16.1. The number of unbranched alkanes of at least 4 members (excludes halogenated alkanes) is 6. The summed E-state index contributed by atoms with van der Waals surface area (Å²) < 4.78 is 0. The van der Waals surface area contributed by atoms with Gasteiger partial charge in [-0.15, -0.1) is 0 Å². The van der Waals surface area contributed by atoms with Crippen LogP contribution in [0.3, 0.4) is 0 Å². The molecule has 0 aromatic carbocycles. The van der Waals surface area contributed by atoms with Crippen LogP contribution in [0.1, 0.15) is 91.9 Å². The molecule has 0 radical (unpaired) electrons. The topological polar surface area (TPSA) is 46.2 Å². The quantitative estimate of drug-likeness (QED) is 0.533. The van der Waals surface area contributed by atoms with E-state index in [1.165, 1.54) is 19.3 Å². The second kappa shape index (κ2) is 11.8. The van der Waals surface area contributed by atoms with Crippen LogP contribution >= 0.6 is 0 Å². The molecule has 0 saturated heterocycles. The third-order valence-corrected chi connectivity index (χ3v) is 3.75. The first-order valence-corrected chi connectivity index (χ1v) is 8.68. The highest BCUT2D eigenvalue weighted by molar-refractivity contribution is 5.83. The summed E-state index contributed by atoms with van der Waals surface area (Å²) in [7, 11) is 0. The summed E-state index contributed by atoms with van der Waals surface area (Å²) in [5.41, 5.74) is -0.216. The normalized spacial score (nSPS) is 11.4. The van der Waals surface area contributed by atoms with Crippen LogP contribution in [0.25, 0.3) is 0 Å². The Bertz CT molecular complexity index is 292. The van der Waals surface area contributed by atoms with Crippen molar-refractivity contribution in [1.29, 1.82) is 0 Å². The van der Waals surface area contributed by atoms with E-state index in [2.05, 4.69) is 12.2 Å². The third-order valence-electron chi connectivity index (χ3n) is 3.75. The fourth-order valence-electron chi connectivity index (χ4n) is 2.17. The zero-order valence-corrected chi connectivity index (χ0v) is 14.6. The smallest absolute Gasteiger partial charge is 0.219 e. The van der Waals surface area contributed by atoms with E-state index in [0.717, 1.165) is 38.6 Å². The predicted molar refractivity (Wildman–Crippen MR) is 89.3 cm³/mol. The number of rotatable bonds is 12. The molecule has 1 amide bonds. The third kappa shape index (κ3) is 12.6. The summed E-state index contributed by atoms with van der Waals surface area (Å²) in [4.78, 5) is 23.3. The van der Waals surface area contributed by atoms with Crippen molar-refractivity contribution in [2.75, 3.05) is 6.54 Å². The summed E-state index contributed by atoms with van der Waals surface area (Å²) >= 11 is 0. The van der Waals surface area contributed by atoms with Crippen molar-refractivity contribution >= 4 is 11.7 Å². The monoisotopic (exact) mass is 297 g/mol. The Kier molecular flexibility index (Phi) is 11.3. The minimum absolute atomic E-state index is 0.178. The van der Waals surface area contributed by atoms with Crippen molar-refractivity contribution in [2.45, 2.75) is 91.9 Å². The molecule has 0 spiro atoms. The SMILES string of the molecule is CCCCCCCC(=O)NCCCCCC(=O)C(C)(C)C. The molecule has 0 fully saturated rings. The molecule has 0 rings (SSSR count). The van der Waals surface area contributed by atoms with E-state index >= 15 is 0 Å². The molecule has 21 heavy (non-hydrogen) atoms. The number of carbonyl (C=O) groups excluding carboxylic acids is 2. The van der Waals surface area contributed by atoms with Crippen molar-refractivity contribution in [1.82, 2.24) is 5.32 Å². The van der Waals surface area contributed by atoms with E-state index in [9.17, 15) is 9.59 Å². The van der Waals surface area contributed by atoms with Crippen LogP contribution in [0.15, 0.2) is 0 Å². The Hall–Kier alpha value is -0.860. The summed E-state index contributed by atoms with van der Waals surface area (Å²) in [6, 6.07) is 0. The first-order valence-electron chi connectivity index (χ1n) is 8.68. The summed E-state index contributed by atoms with van der Waals surface area (Å²) in [6.45, 7) is 8.85. The molecular weight excluding hydrogens is 262 g/mol. The second-order valence-corrected chi connectivity index (χ2v) is 7.00. The molecule has 0 aliphatic rings. The first-order chi connectivity index (χ1) is 9.88. The Labute approximate surface area is 131 Å². The first kappa shape index (κ1) is 20.1. The van der Waals surface area contributed by atoms with Crippen LogP contribution in [0.5, 0.6) is 0 Å². The highest BCUT2D eigenvalue weighted by Gasteiger charge is 2.19. The molecule has 0 aromatic rings. The molecule has 0 saturated carbocycles. The average Bonchev–Trinajstić information content (AvgIpc) is 2.41. The van der Waals surface area contributed by atoms with Crippen LogP contribution in [0, 0.1) is 5.41 Å². The maximum atomic E-state index is 11.7. The van der Waals surface area contributed by atoms with Gasteiger partial charge in [0.05, 0.1) is 0 Å². The van der Waals surface area contributed by atoms with Gasteiger partial charge in [0, 0.05) is 24.8 Å². The van der Waals surface area contributed by atoms with Crippen molar-refractivity contribution in [2.24, 2.45) is 5.41 Å². The Morgan fingerprint density at radius 1 is 0.810 bits per heavy atom. The number of amides is 1. The van der Waals surface area contributed by atoms with Crippen LogP contribution in [0.2, 0.25) is 0 Å². The molecule has 124 valence electrons. The lowest BCUT2D eigenvalue weighted by Crippen LogP contribution is -2.24. The molecule has 0 unspecified atom stereocenters. The van der Waals surface area contributed by atoms with Gasteiger partial charge in [-0.25, -0.2) is 0 Å². The fraction of sp³-hybridized carbons (Fsp3) is 0.889. The van der Waals surface area contributed by atoms with Crippen LogP contribution in [-0.2, 0) is 9.59 Å². The second-order valence-electron chi connectivity index (χ2n) is 7.00. The molecule has 0 atom stereocenters. The Morgan fingerprint density at radius 2 is 1.38 bits per heavy atom. The fourth-order valence-corrected chi connectivity index (χ4v) is 2.17. The van der Waals surface area contributed by atoms with Crippen molar-refractivity contribution < 1.29 is 9.59 Å². The van der Waals surface area contributed by atoms with Gasteiger partial charge in [0.25, 0.3) is 0 Å². The maximum absolute atomic E-state index is 11.7. The number of carbonyl (C=O) groups is 2. The standard InChI is InChI=1S/C18H35NO2/c1-5-6-7-8-11-14-17(21)19-15-12-9-10-13-16(20)18(2,3)4/h5-15H2,1-4H3,(H,19,21). The van der Waals surface area contributed by atoms with Crippen molar-refractivity contribution in [3.63, 3.8) is 0 Å². The lowest BCUT2D eigenvalue weighted by atomic mass is 9.88. The Balaban J connectivity index is 3.38. The number of Topliss-reactive ketones (excluding diaryl/α,β-unsaturated/α-hetero) is 1. The molecule has 3 nitrogen and oxygen atoms in total. The number of hydrogen-bond acceptors (Lipinski definition) is 2. The van der Waals surface area contributed by atoms with Gasteiger partial charge in [0.15, 0.2) is 0 Å². The molecule has 0 aromatic heterocycles. The van der Waals surface area contributed by atoms with E-state index in [-0.39, 0.29) is 11.3 Å². The average molecular weight is 297 g/mol. The number of ketones is 1. The molecule has 0 aliphatic carbocycles. The minimum atomic E-state index is -0.216. The van der Waals surface area contributed by atoms with E-state index in [0.29, 0.717) is 18.6 Å². The summed E-state index contributed by atoms with van der Waals surface area (Å²) in [5.74, 6) is 0.510. The van der Waals surface area contributed by atoms with E-state index in [4.69, 9.17) is 0 Å². The maximum Gasteiger partial charge on any atom is 0.219 e. The zero-order valence-electron chi connectivity index (χ0n) is 14.6. The van der Waals surface area contributed by atoms with E-state index < -0.39 is 0 Å². The van der Waals surface area contributed by atoms with E-state index in [1.54, 1.807) is 0 Å².